The van der Waals surface area contributed by atoms with E-state index in [2.05, 4.69) is 24.3 Å². The van der Waals surface area contributed by atoms with Gasteiger partial charge in [-0.3, -0.25) is 0 Å². The van der Waals surface area contributed by atoms with Gasteiger partial charge in [-0.25, -0.2) is 4.79 Å². The Kier molecular flexibility index (Phi) is 9.28. The fraction of sp³-hybridized carbons (Fsp3) is 0.346. The van der Waals surface area contributed by atoms with Crippen molar-refractivity contribution < 1.29 is 18.8 Å². The second-order valence-electron chi connectivity index (χ2n) is 7.56. The van der Waals surface area contributed by atoms with E-state index in [0.717, 1.165) is 15.8 Å². The minimum Gasteiger partial charge on any atom is -0.464 e. The van der Waals surface area contributed by atoms with Crippen molar-refractivity contribution in [2.45, 2.75) is 37.2 Å². The first-order chi connectivity index (χ1) is 15.6. The highest BCUT2D eigenvalue weighted by atomic mass is 32.2. The largest absolute Gasteiger partial charge is 0.464 e. The van der Waals surface area contributed by atoms with Gasteiger partial charge in [-0.2, -0.15) is 0 Å². The molecule has 32 heavy (non-hydrogen) atoms. The van der Waals surface area contributed by atoms with Crippen LogP contribution < -0.4 is 0 Å². The van der Waals surface area contributed by atoms with Gasteiger partial charge in [-0.1, -0.05) is 77.0 Å². The first-order valence-electron chi connectivity index (χ1n) is 10.9. The molecule has 0 saturated heterocycles. The lowest BCUT2D eigenvalue weighted by Crippen LogP contribution is -2.46. The van der Waals surface area contributed by atoms with E-state index in [0.29, 0.717) is 24.9 Å². The fourth-order valence-electron chi connectivity index (χ4n) is 3.69. The summed E-state index contributed by atoms with van der Waals surface area (Å²) < 4.78 is 24.5. The number of hydrogen-bond donors (Lipinski definition) is 0. The SMILES string of the molecule is CCOC(=O)C(CCc1ccccc1)(C[P+](=O)CSc1ccc2ccccc2c1)OCC. The zero-order valence-corrected chi connectivity index (χ0v) is 20.4. The second kappa shape index (κ2) is 12.2. The van der Waals surface area contributed by atoms with Gasteiger partial charge in [-0.05, 0) is 55.2 Å². The van der Waals surface area contributed by atoms with Crippen LogP contribution in [0.2, 0.25) is 0 Å². The molecular formula is C26H30O4PS+. The lowest BCUT2D eigenvalue weighted by Gasteiger charge is -2.27. The topological polar surface area (TPSA) is 52.6 Å². The summed E-state index contributed by atoms with van der Waals surface area (Å²) in [5.74, 6) is -0.420. The monoisotopic (exact) mass is 469 g/mol. The summed E-state index contributed by atoms with van der Waals surface area (Å²) in [6.45, 7) is 4.25. The molecule has 0 amide bonds. The number of aryl methyl sites for hydroxylation is 1. The molecule has 6 heteroatoms. The van der Waals surface area contributed by atoms with Crippen molar-refractivity contribution in [3.63, 3.8) is 0 Å². The van der Waals surface area contributed by atoms with Crippen LogP contribution in [0.25, 0.3) is 10.8 Å². The highest BCUT2D eigenvalue weighted by molar-refractivity contribution is 8.03. The summed E-state index contributed by atoms with van der Waals surface area (Å²) in [5, 5.41) is 2.34. The molecule has 0 saturated carbocycles. The van der Waals surface area contributed by atoms with E-state index < -0.39 is 19.4 Å². The Morgan fingerprint density at radius 2 is 1.66 bits per heavy atom. The third kappa shape index (κ3) is 6.65. The van der Waals surface area contributed by atoms with Crippen molar-refractivity contribution in [1.29, 1.82) is 0 Å². The maximum Gasteiger partial charge on any atom is 0.353 e. The number of carbonyl (C=O) groups excluding carboxylic acids is 1. The van der Waals surface area contributed by atoms with Gasteiger partial charge in [0.1, 0.15) is 0 Å². The standard InChI is InChI=1S/C26H30O4PS/c1-3-29-25(27)26(30-4-2,17-16-21-10-6-5-7-11-21)19-31(28)20-32-24-15-14-22-12-8-9-13-23(22)18-24/h5-15,18H,3-4,16-17,19-20H2,1-2H3/q+1. The second-order valence-corrected chi connectivity index (χ2v) is 10.6. The molecule has 2 atom stereocenters. The normalized spacial score (nSPS) is 13.5. The quantitative estimate of drug-likeness (QED) is 0.168. The molecule has 0 aliphatic carbocycles. The van der Waals surface area contributed by atoms with Gasteiger partial charge in [0, 0.05) is 11.5 Å². The molecule has 0 aliphatic rings. The summed E-state index contributed by atoms with van der Waals surface area (Å²) in [7, 11) is -1.68. The molecule has 2 unspecified atom stereocenters. The minimum atomic E-state index is -1.68. The molecule has 0 bridgehead atoms. The number of ether oxygens (including phenoxy) is 2. The number of benzene rings is 3. The summed E-state index contributed by atoms with van der Waals surface area (Å²) in [6.07, 6.45) is 1.24. The molecule has 0 radical (unpaired) electrons. The first kappa shape index (κ1) is 24.4. The van der Waals surface area contributed by atoms with Crippen LogP contribution in [0.5, 0.6) is 0 Å². The average molecular weight is 470 g/mol. The Labute approximate surface area is 195 Å². The predicted octanol–water partition coefficient (Wildman–Crippen LogP) is 6.69. The van der Waals surface area contributed by atoms with Crippen molar-refractivity contribution in [3.8, 4) is 0 Å². The van der Waals surface area contributed by atoms with E-state index in [1.165, 1.54) is 5.39 Å². The van der Waals surface area contributed by atoms with Gasteiger partial charge in [0.2, 0.25) is 5.60 Å². The molecule has 0 fully saturated rings. The third-order valence-electron chi connectivity index (χ3n) is 5.26. The highest BCUT2D eigenvalue weighted by Crippen LogP contribution is 2.38. The van der Waals surface area contributed by atoms with Crippen molar-refractivity contribution in [2.75, 3.05) is 24.9 Å². The molecule has 4 nitrogen and oxygen atoms in total. The molecule has 3 aromatic rings. The molecule has 3 aromatic carbocycles. The lowest BCUT2D eigenvalue weighted by molar-refractivity contribution is -0.169. The van der Waals surface area contributed by atoms with Crippen LogP contribution in [0.4, 0.5) is 0 Å². The summed E-state index contributed by atoms with van der Waals surface area (Å²) in [6, 6.07) is 24.4. The van der Waals surface area contributed by atoms with Crippen molar-refractivity contribution in [2.24, 2.45) is 0 Å². The van der Waals surface area contributed by atoms with E-state index in [-0.39, 0.29) is 12.8 Å². The molecule has 0 spiro atoms. The van der Waals surface area contributed by atoms with Gasteiger partial charge in [0.15, 0.2) is 11.7 Å². The maximum absolute atomic E-state index is 13.1. The van der Waals surface area contributed by atoms with E-state index in [9.17, 15) is 9.36 Å². The maximum atomic E-state index is 13.1. The number of hydrogen-bond acceptors (Lipinski definition) is 5. The Bertz CT molecular complexity index is 1040. The van der Waals surface area contributed by atoms with Crippen molar-refractivity contribution in [1.82, 2.24) is 0 Å². The Hall–Kier alpha value is -2.20. The van der Waals surface area contributed by atoms with Gasteiger partial charge in [-0.15, -0.1) is 0 Å². The van der Waals surface area contributed by atoms with Crippen molar-refractivity contribution in [3.05, 3.63) is 78.4 Å². The third-order valence-corrected chi connectivity index (χ3v) is 8.38. The molecule has 168 valence electrons. The number of carbonyl (C=O) groups is 1. The number of thioether (sulfide) groups is 1. The molecule has 0 heterocycles. The highest BCUT2D eigenvalue weighted by Gasteiger charge is 2.47. The fourth-order valence-corrected chi connectivity index (χ4v) is 6.55. The molecular weight excluding hydrogens is 439 g/mol. The zero-order chi connectivity index (χ0) is 22.8. The van der Waals surface area contributed by atoms with Crippen LogP contribution in [-0.4, -0.2) is 36.4 Å². The summed E-state index contributed by atoms with van der Waals surface area (Å²) in [4.78, 5) is 14.0. The summed E-state index contributed by atoms with van der Waals surface area (Å²) in [5.41, 5.74) is 0.340. The van der Waals surface area contributed by atoms with Crippen LogP contribution in [0, 0.1) is 0 Å². The minimum absolute atomic E-state index is 0.155. The molecule has 3 rings (SSSR count). The number of esters is 1. The first-order valence-corrected chi connectivity index (χ1v) is 13.6. The van der Waals surface area contributed by atoms with Gasteiger partial charge in [0.25, 0.3) is 0 Å². The Morgan fingerprint density at radius 3 is 2.38 bits per heavy atom. The Balaban J connectivity index is 1.70. The van der Waals surface area contributed by atoms with Crippen LogP contribution in [-0.2, 0) is 25.3 Å². The molecule has 0 N–H and O–H groups in total. The lowest BCUT2D eigenvalue weighted by atomic mass is 9.96. The van der Waals surface area contributed by atoms with Crippen LogP contribution in [0.1, 0.15) is 25.8 Å². The Morgan fingerprint density at radius 1 is 0.938 bits per heavy atom. The van der Waals surface area contributed by atoms with E-state index in [1.807, 2.05) is 55.5 Å². The van der Waals surface area contributed by atoms with Gasteiger partial charge >= 0.3 is 13.8 Å². The van der Waals surface area contributed by atoms with E-state index in [4.69, 9.17) is 9.47 Å². The van der Waals surface area contributed by atoms with Crippen molar-refractivity contribution >= 4 is 36.3 Å². The molecule has 0 aliphatic heterocycles. The van der Waals surface area contributed by atoms with Crippen LogP contribution in [0.3, 0.4) is 0 Å². The number of rotatable bonds is 12. The van der Waals surface area contributed by atoms with Crippen LogP contribution >= 0.6 is 19.6 Å². The average Bonchev–Trinajstić information content (AvgIpc) is 2.82. The van der Waals surface area contributed by atoms with Gasteiger partial charge in [0.05, 0.1) is 6.61 Å². The van der Waals surface area contributed by atoms with Crippen LogP contribution in [0.15, 0.2) is 77.7 Å². The smallest absolute Gasteiger partial charge is 0.353 e. The van der Waals surface area contributed by atoms with Gasteiger partial charge < -0.3 is 9.47 Å². The zero-order valence-electron chi connectivity index (χ0n) is 18.7. The van der Waals surface area contributed by atoms with E-state index in [1.54, 1.807) is 18.7 Å². The molecule has 0 aromatic heterocycles. The predicted molar refractivity (Wildman–Crippen MR) is 133 cm³/mol. The summed E-state index contributed by atoms with van der Waals surface area (Å²) >= 11 is 1.55. The van der Waals surface area contributed by atoms with E-state index >= 15 is 0 Å². The number of fused-ring (bicyclic) bond motifs is 1.